The molecule has 3 nitrogen and oxygen atoms in total. The number of cyclic esters (lactones) is 1. The first-order chi connectivity index (χ1) is 6.66. The maximum Gasteiger partial charge on any atom is 0.414 e. The first-order valence-corrected chi connectivity index (χ1v) is 5.20. The summed E-state index contributed by atoms with van der Waals surface area (Å²) in [5, 5.41) is 0. The van der Waals surface area contributed by atoms with Crippen LogP contribution >= 0.6 is 15.9 Å². The van der Waals surface area contributed by atoms with Crippen molar-refractivity contribution in [3.8, 4) is 0 Å². The maximum absolute atomic E-state index is 11.4. The fourth-order valence-electron chi connectivity index (χ4n) is 1.44. The SMILES string of the molecule is C[C@@H]1CN(c2ccc(Br)cc2)C(=O)O1. The molecule has 0 N–H and O–H groups in total. The standard InChI is InChI=1S/C10H10BrNO2/c1-7-6-12(10(13)14-7)9-4-2-8(11)3-5-9/h2-5,7H,6H2,1H3/t7-/m1/s1. The minimum absolute atomic E-state index is 0.0221. The molecule has 2 rings (SSSR count). The Bertz CT molecular complexity index is 350. The van der Waals surface area contributed by atoms with E-state index in [9.17, 15) is 4.79 Å². The van der Waals surface area contributed by atoms with Gasteiger partial charge in [-0.2, -0.15) is 0 Å². The molecule has 0 radical (unpaired) electrons. The third-order valence-corrected chi connectivity index (χ3v) is 2.63. The second-order valence-electron chi connectivity index (χ2n) is 3.28. The Morgan fingerprint density at radius 1 is 1.43 bits per heavy atom. The van der Waals surface area contributed by atoms with E-state index in [1.54, 1.807) is 4.90 Å². The number of hydrogen-bond acceptors (Lipinski definition) is 2. The fraction of sp³-hybridized carbons (Fsp3) is 0.300. The van der Waals surface area contributed by atoms with Crippen LogP contribution in [0, 0.1) is 0 Å². The Morgan fingerprint density at radius 3 is 2.57 bits per heavy atom. The molecule has 0 bridgehead atoms. The first-order valence-electron chi connectivity index (χ1n) is 4.40. The van der Waals surface area contributed by atoms with Crippen molar-refractivity contribution in [2.24, 2.45) is 0 Å². The highest BCUT2D eigenvalue weighted by molar-refractivity contribution is 9.10. The number of nitrogens with zero attached hydrogens (tertiary/aromatic N) is 1. The molecular formula is C10H10BrNO2. The van der Waals surface area contributed by atoms with Crippen LogP contribution in [-0.4, -0.2) is 18.7 Å². The zero-order valence-corrected chi connectivity index (χ0v) is 9.32. The molecule has 1 aliphatic rings. The van der Waals surface area contributed by atoms with Crippen molar-refractivity contribution in [3.05, 3.63) is 28.7 Å². The molecule has 1 aliphatic heterocycles. The van der Waals surface area contributed by atoms with Gasteiger partial charge in [-0.15, -0.1) is 0 Å². The molecule has 74 valence electrons. The molecule has 0 saturated carbocycles. The summed E-state index contributed by atoms with van der Waals surface area (Å²) in [7, 11) is 0. The quantitative estimate of drug-likeness (QED) is 0.773. The van der Waals surface area contributed by atoms with Gasteiger partial charge in [0, 0.05) is 10.2 Å². The number of amides is 1. The molecule has 0 aliphatic carbocycles. The van der Waals surface area contributed by atoms with Crippen LogP contribution in [-0.2, 0) is 4.74 Å². The first kappa shape index (κ1) is 9.52. The minimum atomic E-state index is -0.264. The van der Waals surface area contributed by atoms with Gasteiger partial charge in [-0.3, -0.25) is 4.90 Å². The average molecular weight is 256 g/mol. The third-order valence-electron chi connectivity index (χ3n) is 2.10. The van der Waals surface area contributed by atoms with E-state index in [0.29, 0.717) is 6.54 Å². The summed E-state index contributed by atoms with van der Waals surface area (Å²) in [4.78, 5) is 13.0. The van der Waals surface area contributed by atoms with Crippen LogP contribution < -0.4 is 4.90 Å². The van der Waals surface area contributed by atoms with Gasteiger partial charge in [0.15, 0.2) is 0 Å². The number of ether oxygens (including phenoxy) is 1. The Hall–Kier alpha value is -1.03. The summed E-state index contributed by atoms with van der Waals surface area (Å²) in [5.74, 6) is 0. The van der Waals surface area contributed by atoms with Gasteiger partial charge in [0.05, 0.1) is 6.54 Å². The van der Waals surface area contributed by atoms with Crippen molar-refractivity contribution in [2.75, 3.05) is 11.4 Å². The van der Waals surface area contributed by atoms with Crippen LogP contribution in [0.15, 0.2) is 28.7 Å². The van der Waals surface area contributed by atoms with Gasteiger partial charge in [0.1, 0.15) is 6.10 Å². The Morgan fingerprint density at radius 2 is 2.07 bits per heavy atom. The Kier molecular flexibility index (Phi) is 2.46. The summed E-state index contributed by atoms with van der Waals surface area (Å²) in [6.45, 7) is 2.51. The molecule has 1 fully saturated rings. The predicted octanol–water partition coefficient (Wildman–Crippen LogP) is 2.79. The second-order valence-corrected chi connectivity index (χ2v) is 4.20. The molecule has 1 aromatic carbocycles. The van der Waals surface area contributed by atoms with Crippen LogP contribution in [0.5, 0.6) is 0 Å². The van der Waals surface area contributed by atoms with Crippen LogP contribution in [0.3, 0.4) is 0 Å². The van der Waals surface area contributed by atoms with Crippen molar-refractivity contribution in [3.63, 3.8) is 0 Å². The van der Waals surface area contributed by atoms with E-state index in [2.05, 4.69) is 15.9 Å². The number of hydrogen-bond donors (Lipinski definition) is 0. The van der Waals surface area contributed by atoms with E-state index in [1.165, 1.54) is 0 Å². The second kappa shape index (κ2) is 3.61. The van der Waals surface area contributed by atoms with Gasteiger partial charge >= 0.3 is 6.09 Å². The van der Waals surface area contributed by atoms with Gasteiger partial charge in [-0.05, 0) is 31.2 Å². The van der Waals surface area contributed by atoms with E-state index in [4.69, 9.17) is 4.74 Å². The smallest absolute Gasteiger partial charge is 0.414 e. The van der Waals surface area contributed by atoms with Crippen molar-refractivity contribution < 1.29 is 9.53 Å². The number of halogens is 1. The van der Waals surface area contributed by atoms with E-state index < -0.39 is 0 Å². The number of carbonyl (C=O) groups excluding carboxylic acids is 1. The van der Waals surface area contributed by atoms with Crippen molar-refractivity contribution in [1.29, 1.82) is 0 Å². The molecule has 14 heavy (non-hydrogen) atoms. The Labute approximate surface area is 90.8 Å². The summed E-state index contributed by atoms with van der Waals surface area (Å²) in [6, 6.07) is 7.60. The van der Waals surface area contributed by atoms with Crippen LogP contribution in [0.2, 0.25) is 0 Å². The summed E-state index contributed by atoms with van der Waals surface area (Å²) in [6.07, 6.45) is -0.286. The van der Waals surface area contributed by atoms with E-state index in [0.717, 1.165) is 10.2 Å². The molecule has 0 spiro atoms. The van der Waals surface area contributed by atoms with E-state index in [-0.39, 0.29) is 12.2 Å². The number of anilines is 1. The molecule has 1 aromatic rings. The van der Waals surface area contributed by atoms with E-state index in [1.807, 2.05) is 31.2 Å². The lowest BCUT2D eigenvalue weighted by Crippen LogP contribution is -2.23. The minimum Gasteiger partial charge on any atom is -0.444 e. The molecule has 1 atom stereocenters. The zero-order chi connectivity index (χ0) is 10.1. The lowest BCUT2D eigenvalue weighted by molar-refractivity contribution is 0.150. The van der Waals surface area contributed by atoms with Crippen molar-refractivity contribution in [2.45, 2.75) is 13.0 Å². The lowest BCUT2D eigenvalue weighted by atomic mass is 10.3. The highest BCUT2D eigenvalue weighted by Crippen LogP contribution is 2.23. The van der Waals surface area contributed by atoms with Gasteiger partial charge in [-0.1, -0.05) is 15.9 Å². The Balaban J connectivity index is 2.23. The molecule has 1 amide bonds. The van der Waals surface area contributed by atoms with Crippen LogP contribution in [0.25, 0.3) is 0 Å². The summed E-state index contributed by atoms with van der Waals surface area (Å²) < 4.78 is 6.04. The van der Waals surface area contributed by atoms with E-state index >= 15 is 0 Å². The molecule has 1 heterocycles. The third kappa shape index (κ3) is 1.75. The van der Waals surface area contributed by atoms with Gasteiger partial charge < -0.3 is 4.74 Å². The number of benzene rings is 1. The molecule has 1 saturated heterocycles. The van der Waals surface area contributed by atoms with Crippen molar-refractivity contribution >= 4 is 27.7 Å². The normalized spacial score (nSPS) is 21.1. The molecular weight excluding hydrogens is 246 g/mol. The largest absolute Gasteiger partial charge is 0.444 e. The van der Waals surface area contributed by atoms with Crippen molar-refractivity contribution in [1.82, 2.24) is 0 Å². The summed E-state index contributed by atoms with van der Waals surface area (Å²) in [5.41, 5.74) is 0.877. The summed E-state index contributed by atoms with van der Waals surface area (Å²) >= 11 is 3.35. The monoisotopic (exact) mass is 255 g/mol. The zero-order valence-electron chi connectivity index (χ0n) is 7.74. The molecule has 0 unspecified atom stereocenters. The van der Waals surface area contributed by atoms with Gasteiger partial charge in [0.2, 0.25) is 0 Å². The fourth-order valence-corrected chi connectivity index (χ4v) is 1.70. The van der Waals surface area contributed by atoms with Gasteiger partial charge in [-0.25, -0.2) is 4.79 Å². The average Bonchev–Trinajstić information content (AvgIpc) is 2.47. The highest BCUT2D eigenvalue weighted by Gasteiger charge is 2.28. The number of rotatable bonds is 1. The number of carbonyl (C=O) groups is 1. The van der Waals surface area contributed by atoms with Gasteiger partial charge in [0.25, 0.3) is 0 Å². The highest BCUT2D eigenvalue weighted by atomic mass is 79.9. The molecule has 4 heteroatoms. The van der Waals surface area contributed by atoms with Crippen LogP contribution in [0.1, 0.15) is 6.92 Å². The lowest BCUT2D eigenvalue weighted by Gasteiger charge is -2.12. The predicted molar refractivity (Wildman–Crippen MR) is 57.4 cm³/mol. The van der Waals surface area contributed by atoms with Crippen LogP contribution in [0.4, 0.5) is 10.5 Å². The topological polar surface area (TPSA) is 29.5 Å². The molecule has 0 aromatic heterocycles. The maximum atomic E-state index is 11.4.